The van der Waals surface area contributed by atoms with E-state index < -0.39 is 23.7 Å². The molecule has 0 aliphatic carbocycles. The van der Waals surface area contributed by atoms with Gasteiger partial charge in [-0.1, -0.05) is 12.1 Å². The molecule has 25 heavy (non-hydrogen) atoms. The van der Waals surface area contributed by atoms with Gasteiger partial charge in [0.2, 0.25) is 0 Å². The highest BCUT2D eigenvalue weighted by molar-refractivity contribution is 5.89. The lowest BCUT2D eigenvalue weighted by Crippen LogP contribution is -2.35. The van der Waals surface area contributed by atoms with Gasteiger partial charge in [0.05, 0.1) is 17.9 Å². The number of rotatable bonds is 4. The summed E-state index contributed by atoms with van der Waals surface area (Å²) in [6.07, 6.45) is 6.08. The van der Waals surface area contributed by atoms with E-state index in [1.54, 1.807) is 18.3 Å². The Bertz CT molecular complexity index is 855. The molecular formula is C17H15F2N5O. The van der Waals surface area contributed by atoms with Crippen LogP contribution in [0, 0.1) is 11.6 Å². The van der Waals surface area contributed by atoms with Gasteiger partial charge in [-0.2, -0.15) is 5.10 Å². The summed E-state index contributed by atoms with van der Waals surface area (Å²) in [5.41, 5.74) is 1.23. The van der Waals surface area contributed by atoms with E-state index in [0.717, 1.165) is 12.1 Å². The fraction of sp³-hybridized carbons (Fsp3) is 0.118. The van der Waals surface area contributed by atoms with Crippen LogP contribution in [0.15, 0.2) is 55.1 Å². The van der Waals surface area contributed by atoms with Crippen LogP contribution in [0.2, 0.25) is 0 Å². The molecule has 128 valence electrons. The average Bonchev–Trinajstić information content (AvgIpc) is 3.11. The maximum absolute atomic E-state index is 14.4. The van der Waals surface area contributed by atoms with E-state index in [4.69, 9.17) is 0 Å². The van der Waals surface area contributed by atoms with Gasteiger partial charge in [-0.05, 0) is 17.7 Å². The van der Waals surface area contributed by atoms with Crippen LogP contribution in [0.1, 0.15) is 17.2 Å². The van der Waals surface area contributed by atoms with Crippen molar-refractivity contribution in [1.82, 2.24) is 20.1 Å². The van der Waals surface area contributed by atoms with E-state index in [-0.39, 0.29) is 5.56 Å². The van der Waals surface area contributed by atoms with E-state index in [1.807, 2.05) is 0 Å². The molecule has 6 nitrogen and oxygen atoms in total. The minimum atomic E-state index is -0.777. The predicted octanol–water partition coefficient (Wildman–Crippen LogP) is 3.34. The molecule has 2 N–H and O–H groups in total. The van der Waals surface area contributed by atoms with Crippen LogP contribution in [0.5, 0.6) is 0 Å². The van der Waals surface area contributed by atoms with E-state index in [1.165, 1.54) is 36.6 Å². The van der Waals surface area contributed by atoms with E-state index in [9.17, 15) is 13.6 Å². The molecule has 1 atom stereocenters. The van der Waals surface area contributed by atoms with Crippen molar-refractivity contribution in [2.75, 3.05) is 12.4 Å². The number of carbonyl (C=O) groups excluding carboxylic acids is 1. The van der Waals surface area contributed by atoms with Crippen LogP contribution >= 0.6 is 0 Å². The lowest BCUT2D eigenvalue weighted by atomic mass is 9.98. The van der Waals surface area contributed by atoms with Gasteiger partial charge >= 0.3 is 6.03 Å². The van der Waals surface area contributed by atoms with Crippen molar-refractivity contribution >= 4 is 11.7 Å². The van der Waals surface area contributed by atoms with Gasteiger partial charge in [0, 0.05) is 37.3 Å². The number of hydrogen-bond donors (Lipinski definition) is 2. The molecular weight excluding hydrogens is 328 g/mol. The Morgan fingerprint density at radius 1 is 1.28 bits per heavy atom. The summed E-state index contributed by atoms with van der Waals surface area (Å²) in [4.78, 5) is 17.9. The Hall–Kier alpha value is -3.29. The standard InChI is InChI=1S/C17H15F2N5O/c1-24(17(25)23-13-9-21-22-10-13)16(11-3-2-6-20-8-11)14-5-4-12(18)7-15(14)19/h2-10,16H,1H3,(H,21,22)(H,23,25)/t16-/m0/s1. The minimum Gasteiger partial charge on any atom is -0.316 e. The lowest BCUT2D eigenvalue weighted by molar-refractivity contribution is 0.211. The van der Waals surface area contributed by atoms with Gasteiger partial charge in [-0.25, -0.2) is 13.6 Å². The minimum absolute atomic E-state index is 0.166. The van der Waals surface area contributed by atoms with Crippen LogP contribution in [0.4, 0.5) is 19.3 Å². The SMILES string of the molecule is CN(C(=O)Nc1cn[nH]c1)[C@@H](c1cccnc1)c1ccc(F)cc1F. The maximum atomic E-state index is 14.4. The summed E-state index contributed by atoms with van der Waals surface area (Å²) >= 11 is 0. The molecule has 0 unspecified atom stereocenters. The average molecular weight is 343 g/mol. The van der Waals surface area contributed by atoms with Crippen molar-refractivity contribution in [3.63, 3.8) is 0 Å². The second-order valence-corrected chi connectivity index (χ2v) is 5.38. The van der Waals surface area contributed by atoms with Crippen LogP contribution in [-0.4, -0.2) is 33.2 Å². The van der Waals surface area contributed by atoms with Crippen molar-refractivity contribution in [1.29, 1.82) is 0 Å². The monoisotopic (exact) mass is 343 g/mol. The van der Waals surface area contributed by atoms with Crippen molar-refractivity contribution in [2.45, 2.75) is 6.04 Å². The van der Waals surface area contributed by atoms with Gasteiger partial charge in [0.1, 0.15) is 11.6 Å². The highest BCUT2D eigenvalue weighted by Gasteiger charge is 2.26. The third kappa shape index (κ3) is 3.63. The number of aromatic nitrogens is 3. The number of H-pyrrole nitrogens is 1. The molecule has 2 amide bonds. The normalized spacial score (nSPS) is 11.8. The summed E-state index contributed by atoms with van der Waals surface area (Å²) in [5, 5.41) is 8.99. The smallest absolute Gasteiger partial charge is 0.316 e. The Balaban J connectivity index is 1.97. The van der Waals surface area contributed by atoms with E-state index in [0.29, 0.717) is 11.3 Å². The summed E-state index contributed by atoms with van der Waals surface area (Å²) in [6, 6.07) is 5.43. The summed E-state index contributed by atoms with van der Waals surface area (Å²) in [5.74, 6) is -1.42. The van der Waals surface area contributed by atoms with Gasteiger partial charge < -0.3 is 10.2 Å². The number of aromatic amines is 1. The number of benzene rings is 1. The molecule has 1 aromatic carbocycles. The first-order valence-electron chi connectivity index (χ1n) is 7.43. The molecule has 2 heterocycles. The number of carbonyl (C=O) groups is 1. The number of urea groups is 1. The van der Waals surface area contributed by atoms with Crippen molar-refractivity contribution in [3.8, 4) is 0 Å². The summed E-state index contributed by atoms with van der Waals surface area (Å²) in [7, 11) is 1.52. The second kappa shape index (κ2) is 7.08. The Labute approximate surface area is 142 Å². The molecule has 8 heteroatoms. The number of pyridine rings is 1. The quantitative estimate of drug-likeness (QED) is 0.763. The highest BCUT2D eigenvalue weighted by atomic mass is 19.1. The number of nitrogens with one attached hydrogen (secondary N) is 2. The molecule has 0 saturated heterocycles. The number of amides is 2. The maximum Gasteiger partial charge on any atom is 0.322 e. The molecule has 2 aromatic heterocycles. The summed E-state index contributed by atoms with van der Waals surface area (Å²) in [6.45, 7) is 0. The Morgan fingerprint density at radius 2 is 2.12 bits per heavy atom. The van der Waals surface area contributed by atoms with Crippen LogP contribution in [0.3, 0.4) is 0 Å². The third-order valence-electron chi connectivity index (χ3n) is 3.71. The molecule has 0 spiro atoms. The molecule has 3 rings (SSSR count). The van der Waals surface area contributed by atoms with E-state index in [2.05, 4.69) is 20.5 Å². The molecule has 0 aliphatic rings. The topological polar surface area (TPSA) is 73.9 Å². The van der Waals surface area contributed by atoms with Gasteiger partial charge in [-0.3, -0.25) is 10.1 Å². The summed E-state index contributed by atoms with van der Waals surface area (Å²) < 4.78 is 27.6. The third-order valence-corrected chi connectivity index (χ3v) is 3.71. The van der Waals surface area contributed by atoms with Crippen molar-refractivity contribution < 1.29 is 13.6 Å². The zero-order valence-corrected chi connectivity index (χ0v) is 13.3. The van der Waals surface area contributed by atoms with Crippen LogP contribution in [-0.2, 0) is 0 Å². The van der Waals surface area contributed by atoms with Gasteiger partial charge in [0.25, 0.3) is 0 Å². The molecule has 0 radical (unpaired) electrons. The van der Waals surface area contributed by atoms with Crippen LogP contribution in [0.25, 0.3) is 0 Å². The first-order chi connectivity index (χ1) is 12.1. The van der Waals surface area contributed by atoms with Crippen LogP contribution < -0.4 is 5.32 Å². The molecule has 0 bridgehead atoms. The lowest BCUT2D eigenvalue weighted by Gasteiger charge is -2.29. The Morgan fingerprint density at radius 3 is 2.76 bits per heavy atom. The zero-order chi connectivity index (χ0) is 17.8. The van der Waals surface area contributed by atoms with E-state index >= 15 is 0 Å². The molecule has 0 fully saturated rings. The van der Waals surface area contributed by atoms with Crippen molar-refractivity contribution in [2.24, 2.45) is 0 Å². The fourth-order valence-corrected chi connectivity index (χ4v) is 2.52. The number of hydrogen-bond acceptors (Lipinski definition) is 3. The number of halogens is 2. The van der Waals surface area contributed by atoms with Crippen molar-refractivity contribution in [3.05, 3.63) is 77.9 Å². The number of nitrogens with zero attached hydrogens (tertiary/aromatic N) is 3. The predicted molar refractivity (Wildman–Crippen MR) is 87.8 cm³/mol. The molecule has 0 aliphatic heterocycles. The largest absolute Gasteiger partial charge is 0.322 e. The molecule has 3 aromatic rings. The highest BCUT2D eigenvalue weighted by Crippen LogP contribution is 2.30. The van der Waals surface area contributed by atoms with Gasteiger partial charge in [0.15, 0.2) is 0 Å². The second-order valence-electron chi connectivity index (χ2n) is 5.38. The first-order valence-corrected chi connectivity index (χ1v) is 7.43. The van der Waals surface area contributed by atoms with Gasteiger partial charge in [-0.15, -0.1) is 0 Å². The number of anilines is 1. The Kier molecular flexibility index (Phi) is 4.69. The molecule has 0 saturated carbocycles. The zero-order valence-electron chi connectivity index (χ0n) is 13.3. The fourth-order valence-electron chi connectivity index (χ4n) is 2.52. The first kappa shape index (κ1) is 16.6.